The topological polar surface area (TPSA) is 0 Å². The molecule has 0 aliphatic heterocycles. The first-order valence-corrected chi connectivity index (χ1v) is 10.4. The van der Waals surface area contributed by atoms with Gasteiger partial charge in [-0.15, -0.1) is 0 Å². The van der Waals surface area contributed by atoms with Gasteiger partial charge in [-0.1, -0.05) is 67.7 Å². The third kappa shape index (κ3) is 6.11. The average molecular weight is 306 g/mol. The molecule has 0 spiro atoms. The minimum atomic E-state index is 0.997. The van der Waals surface area contributed by atoms with Crippen molar-refractivity contribution in [2.24, 2.45) is 0 Å². The summed E-state index contributed by atoms with van der Waals surface area (Å²) < 4.78 is 0. The van der Waals surface area contributed by atoms with E-state index in [2.05, 4.69) is 39.8 Å². The smallest absolute Gasteiger partial charge is 0.0237 e. The van der Waals surface area contributed by atoms with E-state index in [1.165, 1.54) is 63.9 Å². The van der Waals surface area contributed by atoms with Crippen LogP contribution in [-0.2, 0) is 19.3 Å². The van der Waals surface area contributed by atoms with E-state index >= 15 is 0 Å². The first-order chi connectivity index (χ1) is 10.3. The molecule has 0 radical (unpaired) electrons. The number of rotatable bonds is 11. The first kappa shape index (κ1) is 18.7. The molecule has 1 atom stereocenters. The Hall–Kier alpha value is -0.350. The molecule has 1 heteroatoms. The van der Waals surface area contributed by atoms with E-state index in [0.29, 0.717) is 0 Å². The highest BCUT2D eigenvalue weighted by Gasteiger charge is 2.12. The fourth-order valence-corrected chi connectivity index (χ4v) is 4.07. The van der Waals surface area contributed by atoms with Crippen molar-refractivity contribution in [3.05, 3.63) is 28.8 Å². The van der Waals surface area contributed by atoms with Crippen molar-refractivity contribution in [2.75, 3.05) is 6.16 Å². The lowest BCUT2D eigenvalue weighted by Crippen LogP contribution is -2.12. The van der Waals surface area contributed by atoms with Crippen molar-refractivity contribution in [3.63, 3.8) is 0 Å². The Labute approximate surface area is 134 Å². The summed E-state index contributed by atoms with van der Waals surface area (Å²) in [6, 6.07) is 4.90. The SMILES string of the molecule is CCCCc1ccc(PCC)c(CCCC)c1CCCC. The van der Waals surface area contributed by atoms with Gasteiger partial charge in [0.2, 0.25) is 0 Å². The van der Waals surface area contributed by atoms with Gasteiger partial charge >= 0.3 is 0 Å². The number of unbranched alkanes of at least 4 members (excludes halogenated alkanes) is 3. The molecular weight excluding hydrogens is 271 g/mol. The zero-order chi connectivity index (χ0) is 15.5. The highest BCUT2D eigenvalue weighted by molar-refractivity contribution is 7.47. The van der Waals surface area contributed by atoms with Crippen LogP contribution in [0.1, 0.15) is 82.9 Å². The standard InChI is InChI=1S/C20H35P/c1-5-9-12-17-15-16-20(21-8-4)19(14-11-7-3)18(17)13-10-6-2/h15-16,21H,5-14H2,1-4H3. The Bertz CT molecular complexity index is 395. The predicted molar refractivity (Wildman–Crippen MR) is 101 cm³/mol. The number of benzene rings is 1. The summed E-state index contributed by atoms with van der Waals surface area (Å²) in [4.78, 5) is 0. The molecule has 0 heterocycles. The summed E-state index contributed by atoms with van der Waals surface area (Å²) in [5.74, 6) is 0. The van der Waals surface area contributed by atoms with Crippen molar-refractivity contribution in [1.29, 1.82) is 0 Å². The van der Waals surface area contributed by atoms with E-state index in [0.717, 1.165) is 8.58 Å². The summed E-state index contributed by atoms with van der Waals surface area (Å²) in [5.41, 5.74) is 5.12. The molecule has 21 heavy (non-hydrogen) atoms. The van der Waals surface area contributed by atoms with Crippen LogP contribution in [0.25, 0.3) is 0 Å². The quantitative estimate of drug-likeness (QED) is 0.437. The van der Waals surface area contributed by atoms with Crippen molar-refractivity contribution < 1.29 is 0 Å². The molecule has 0 saturated carbocycles. The van der Waals surface area contributed by atoms with Gasteiger partial charge in [0, 0.05) is 0 Å². The van der Waals surface area contributed by atoms with Crippen LogP contribution in [-0.4, -0.2) is 6.16 Å². The second-order valence-electron chi connectivity index (χ2n) is 6.07. The Kier molecular flexibility index (Phi) is 10.0. The van der Waals surface area contributed by atoms with Gasteiger partial charge in [-0.3, -0.25) is 0 Å². The third-order valence-electron chi connectivity index (χ3n) is 4.26. The van der Waals surface area contributed by atoms with Crippen LogP contribution in [0.15, 0.2) is 12.1 Å². The van der Waals surface area contributed by atoms with E-state index in [4.69, 9.17) is 0 Å². The molecule has 0 saturated heterocycles. The molecule has 0 nitrogen and oxygen atoms in total. The summed E-state index contributed by atoms with van der Waals surface area (Å²) >= 11 is 0. The molecular formula is C20H35P. The lowest BCUT2D eigenvalue weighted by Gasteiger charge is -2.19. The molecule has 0 aromatic heterocycles. The van der Waals surface area contributed by atoms with Gasteiger partial charge in [0.1, 0.15) is 0 Å². The van der Waals surface area contributed by atoms with Crippen molar-refractivity contribution in [3.8, 4) is 0 Å². The van der Waals surface area contributed by atoms with Crippen LogP contribution in [0.2, 0.25) is 0 Å². The maximum Gasteiger partial charge on any atom is -0.0237 e. The Morgan fingerprint density at radius 1 is 0.714 bits per heavy atom. The molecule has 120 valence electrons. The molecule has 0 aliphatic rings. The molecule has 1 rings (SSSR count). The van der Waals surface area contributed by atoms with Gasteiger partial charge in [0.25, 0.3) is 0 Å². The minimum Gasteiger partial charge on any atom is -0.0904 e. The van der Waals surface area contributed by atoms with Gasteiger partial charge < -0.3 is 0 Å². The Morgan fingerprint density at radius 3 is 1.86 bits per heavy atom. The number of hydrogen-bond acceptors (Lipinski definition) is 0. The Balaban J connectivity index is 3.12. The van der Waals surface area contributed by atoms with Crippen molar-refractivity contribution >= 4 is 13.9 Å². The maximum atomic E-state index is 2.45. The van der Waals surface area contributed by atoms with E-state index in [9.17, 15) is 0 Å². The predicted octanol–water partition coefficient (Wildman–Crippen LogP) is 6.04. The van der Waals surface area contributed by atoms with Gasteiger partial charge in [-0.2, -0.15) is 0 Å². The zero-order valence-corrected chi connectivity index (χ0v) is 15.7. The van der Waals surface area contributed by atoms with Crippen molar-refractivity contribution in [2.45, 2.75) is 85.5 Å². The van der Waals surface area contributed by atoms with Crippen LogP contribution < -0.4 is 5.30 Å². The van der Waals surface area contributed by atoms with Crippen LogP contribution >= 0.6 is 8.58 Å². The van der Waals surface area contributed by atoms with Crippen LogP contribution in [0.4, 0.5) is 0 Å². The summed E-state index contributed by atoms with van der Waals surface area (Å²) in [5, 5.41) is 1.66. The van der Waals surface area contributed by atoms with Gasteiger partial charge in [-0.25, -0.2) is 0 Å². The summed E-state index contributed by atoms with van der Waals surface area (Å²) in [6.45, 7) is 9.25. The van der Waals surface area contributed by atoms with E-state index in [1.54, 1.807) is 22.0 Å². The fourth-order valence-electron chi connectivity index (χ4n) is 3.00. The van der Waals surface area contributed by atoms with Crippen LogP contribution in [0, 0.1) is 0 Å². The molecule has 1 unspecified atom stereocenters. The fraction of sp³-hybridized carbons (Fsp3) is 0.700. The second-order valence-corrected chi connectivity index (χ2v) is 7.67. The highest BCUT2D eigenvalue weighted by Crippen LogP contribution is 2.25. The molecule has 0 N–H and O–H groups in total. The molecule has 1 aromatic rings. The lowest BCUT2D eigenvalue weighted by atomic mass is 9.91. The zero-order valence-electron chi connectivity index (χ0n) is 14.7. The average Bonchev–Trinajstić information content (AvgIpc) is 2.50. The van der Waals surface area contributed by atoms with E-state index in [1.807, 2.05) is 0 Å². The van der Waals surface area contributed by atoms with E-state index in [-0.39, 0.29) is 0 Å². The molecule has 1 aromatic carbocycles. The molecule has 0 bridgehead atoms. The molecule has 0 fully saturated rings. The van der Waals surface area contributed by atoms with Gasteiger partial charge in [0.05, 0.1) is 0 Å². The second kappa shape index (κ2) is 11.2. The Morgan fingerprint density at radius 2 is 1.29 bits per heavy atom. The lowest BCUT2D eigenvalue weighted by molar-refractivity contribution is 0.737. The van der Waals surface area contributed by atoms with E-state index < -0.39 is 0 Å². The minimum absolute atomic E-state index is 0.997. The van der Waals surface area contributed by atoms with Gasteiger partial charge in [-0.05, 0) is 66.7 Å². The van der Waals surface area contributed by atoms with Crippen LogP contribution in [0.3, 0.4) is 0 Å². The largest absolute Gasteiger partial charge is 0.0904 e. The summed E-state index contributed by atoms with van der Waals surface area (Å²) in [6.07, 6.45) is 13.1. The third-order valence-corrected chi connectivity index (χ3v) is 5.46. The molecule has 0 amide bonds. The highest BCUT2D eigenvalue weighted by atomic mass is 31.1. The molecule has 0 aliphatic carbocycles. The summed E-state index contributed by atoms with van der Waals surface area (Å²) in [7, 11) is 0.997. The van der Waals surface area contributed by atoms with Crippen molar-refractivity contribution in [1.82, 2.24) is 0 Å². The number of hydrogen-bond donors (Lipinski definition) is 0. The maximum absolute atomic E-state index is 2.45. The normalized spacial score (nSPS) is 11.6. The monoisotopic (exact) mass is 306 g/mol. The van der Waals surface area contributed by atoms with Gasteiger partial charge in [0.15, 0.2) is 0 Å². The number of aryl methyl sites for hydroxylation is 1. The van der Waals surface area contributed by atoms with Crippen LogP contribution in [0.5, 0.6) is 0 Å². The first-order valence-electron chi connectivity index (χ1n) is 9.15.